The zero-order valence-electron chi connectivity index (χ0n) is 32.5. The Balaban J connectivity index is 1.43. The van der Waals surface area contributed by atoms with E-state index in [1.807, 2.05) is 0 Å². The number of alkyl halides is 4. The van der Waals surface area contributed by atoms with Crippen LogP contribution in [0.25, 0.3) is 33.5 Å². The molecule has 2 aliphatic heterocycles. The number of aromatic nitrogens is 3. The lowest BCUT2D eigenvalue weighted by Gasteiger charge is -2.29. The number of alkyl carbamates (subject to hydrolysis) is 1. The van der Waals surface area contributed by atoms with Gasteiger partial charge in [0.15, 0.2) is 5.82 Å². The number of halogens is 6. The topological polar surface area (TPSA) is 162 Å². The van der Waals surface area contributed by atoms with E-state index in [9.17, 15) is 33.1 Å². The Morgan fingerprint density at radius 2 is 1.47 bits per heavy atom. The number of carbonyl (C=O) groups is 4. The third kappa shape index (κ3) is 8.97. The van der Waals surface area contributed by atoms with Gasteiger partial charge >= 0.3 is 12.2 Å². The number of nitrogens with zero attached hydrogens (tertiary/aromatic N) is 4. The van der Waals surface area contributed by atoms with Gasteiger partial charge in [-0.2, -0.15) is 0 Å². The second kappa shape index (κ2) is 15.7. The van der Waals surface area contributed by atoms with E-state index in [-0.39, 0.29) is 53.9 Å². The van der Waals surface area contributed by atoms with Crippen LogP contribution < -0.4 is 10.6 Å². The lowest BCUT2D eigenvalue weighted by molar-refractivity contribution is -0.136. The standard InChI is InChI=1S/C39H45F6N7O6/c1-6-26(48-35(55)56)33(53)52-19-39(44,45)16-23(52)17-50-30-11-9-21(41)13-29(30)47-32(50)31-25(24-10-8-20(40)12-28(24)46-31)14-22-15-38(42,43)18-51(22)34(54)27(7-2)49-36(57)58-37(3,4)5/h8-13,22-23,26-27,46,48H,6-7,14-19H2,1-5H3,(H,49,57)(H,55,56). The average molecular weight is 822 g/mol. The van der Waals surface area contributed by atoms with Crippen molar-refractivity contribution in [3.63, 3.8) is 0 Å². The molecule has 58 heavy (non-hydrogen) atoms. The minimum atomic E-state index is -3.35. The predicted octanol–water partition coefficient (Wildman–Crippen LogP) is 6.83. The van der Waals surface area contributed by atoms with Gasteiger partial charge in [0.25, 0.3) is 11.8 Å². The summed E-state index contributed by atoms with van der Waals surface area (Å²) in [5, 5.41) is 14.2. The molecule has 4 heterocycles. The van der Waals surface area contributed by atoms with Crippen LogP contribution >= 0.6 is 0 Å². The first-order valence-corrected chi connectivity index (χ1v) is 18.9. The number of benzene rings is 2. The van der Waals surface area contributed by atoms with Gasteiger partial charge in [-0.15, -0.1) is 0 Å². The number of likely N-dealkylation sites (tertiary alicyclic amines) is 2. The van der Waals surface area contributed by atoms with Crippen molar-refractivity contribution in [2.45, 2.75) is 115 Å². The molecule has 0 saturated carbocycles. The largest absolute Gasteiger partial charge is 0.465 e. The molecule has 4 unspecified atom stereocenters. The lowest BCUT2D eigenvalue weighted by atomic mass is 9.99. The maximum absolute atomic E-state index is 15.3. The number of H-pyrrole nitrogens is 1. The van der Waals surface area contributed by atoms with Gasteiger partial charge in [-0.25, -0.2) is 40.9 Å². The van der Waals surface area contributed by atoms with E-state index >= 15 is 17.6 Å². The van der Waals surface area contributed by atoms with Crippen LogP contribution in [0.3, 0.4) is 0 Å². The average Bonchev–Trinajstić information content (AvgIpc) is 3.83. The molecule has 314 valence electrons. The fourth-order valence-corrected chi connectivity index (χ4v) is 7.89. The van der Waals surface area contributed by atoms with E-state index in [0.29, 0.717) is 10.9 Å². The van der Waals surface area contributed by atoms with Gasteiger partial charge in [0, 0.05) is 42.4 Å². The van der Waals surface area contributed by atoms with Gasteiger partial charge in [0.05, 0.1) is 35.9 Å². The van der Waals surface area contributed by atoms with Crippen molar-refractivity contribution in [1.82, 2.24) is 35.0 Å². The zero-order chi connectivity index (χ0) is 42.5. The Hall–Kier alpha value is -5.49. The molecule has 2 aromatic heterocycles. The first-order valence-electron chi connectivity index (χ1n) is 18.9. The van der Waals surface area contributed by atoms with Crippen LogP contribution in [-0.4, -0.2) is 108 Å². The summed E-state index contributed by atoms with van der Waals surface area (Å²) >= 11 is 0. The van der Waals surface area contributed by atoms with E-state index < -0.39 is 103 Å². The Bertz CT molecular complexity index is 2240. The fraction of sp³-hybridized carbons (Fsp3) is 0.513. The monoisotopic (exact) mass is 821 g/mol. The van der Waals surface area contributed by atoms with Crippen LogP contribution in [0.4, 0.5) is 35.9 Å². The number of aromatic amines is 1. The molecule has 2 saturated heterocycles. The van der Waals surface area contributed by atoms with Gasteiger partial charge in [-0.1, -0.05) is 13.8 Å². The van der Waals surface area contributed by atoms with Gasteiger partial charge in [0.2, 0.25) is 11.8 Å². The summed E-state index contributed by atoms with van der Waals surface area (Å²) in [6.45, 7) is 5.71. The Kier molecular flexibility index (Phi) is 11.4. The maximum Gasteiger partial charge on any atom is 0.408 e. The van der Waals surface area contributed by atoms with E-state index in [0.717, 1.165) is 34.1 Å². The van der Waals surface area contributed by atoms with Crippen LogP contribution in [0.15, 0.2) is 36.4 Å². The zero-order valence-corrected chi connectivity index (χ0v) is 32.5. The Morgan fingerprint density at radius 1 is 0.897 bits per heavy atom. The molecule has 4 aromatic rings. The number of ether oxygens (including phenoxy) is 1. The summed E-state index contributed by atoms with van der Waals surface area (Å²) in [4.78, 5) is 61.2. The molecule has 4 atom stereocenters. The molecule has 2 fully saturated rings. The van der Waals surface area contributed by atoms with Crippen molar-refractivity contribution in [1.29, 1.82) is 0 Å². The van der Waals surface area contributed by atoms with Crippen molar-refractivity contribution in [2.24, 2.45) is 0 Å². The molecule has 2 aliphatic rings. The van der Waals surface area contributed by atoms with Crippen LogP contribution in [0.1, 0.15) is 65.9 Å². The summed E-state index contributed by atoms with van der Waals surface area (Å²) in [6, 6.07) is 2.42. The van der Waals surface area contributed by atoms with E-state index in [1.54, 1.807) is 27.7 Å². The summed E-state index contributed by atoms with van der Waals surface area (Å²) < 4.78 is 97.0. The van der Waals surface area contributed by atoms with Crippen molar-refractivity contribution in [2.75, 3.05) is 13.1 Å². The quantitative estimate of drug-likeness (QED) is 0.121. The first-order chi connectivity index (χ1) is 27.1. The molecule has 0 bridgehead atoms. The number of carboxylic acid groups (broad SMARTS) is 1. The molecule has 19 heteroatoms. The first kappa shape index (κ1) is 42.1. The molecule has 4 amide bonds. The SMILES string of the molecule is CCC(NC(=O)O)C(=O)N1CC(F)(F)CC1Cn1c(-c2[nH]c3cc(F)ccc3c2CC2CC(F)(F)CN2C(=O)C(CC)NC(=O)OC(C)(C)C)nc2cc(F)ccc21. The maximum atomic E-state index is 15.3. The molecular weight excluding hydrogens is 776 g/mol. The number of hydrogen-bond donors (Lipinski definition) is 4. The number of fused-ring (bicyclic) bond motifs is 2. The third-order valence-electron chi connectivity index (χ3n) is 10.4. The molecule has 0 aliphatic carbocycles. The highest BCUT2D eigenvalue weighted by atomic mass is 19.3. The van der Waals surface area contributed by atoms with Crippen LogP contribution in [0.2, 0.25) is 0 Å². The number of hydrogen-bond acceptors (Lipinski definition) is 6. The molecular formula is C39H45F6N7O6. The second-order valence-corrected chi connectivity index (χ2v) is 15.9. The van der Waals surface area contributed by atoms with Gasteiger partial charge in [-0.05, 0) is 75.9 Å². The number of carbonyl (C=O) groups excluding carboxylic acids is 3. The Morgan fingerprint density at radius 3 is 2.07 bits per heavy atom. The van der Waals surface area contributed by atoms with Crippen molar-refractivity contribution in [3.8, 4) is 11.5 Å². The van der Waals surface area contributed by atoms with Crippen LogP contribution in [0.5, 0.6) is 0 Å². The minimum Gasteiger partial charge on any atom is -0.465 e. The van der Waals surface area contributed by atoms with Crippen molar-refractivity contribution in [3.05, 3.63) is 53.6 Å². The third-order valence-corrected chi connectivity index (χ3v) is 10.4. The number of amides is 4. The van der Waals surface area contributed by atoms with Gasteiger partial charge in [0.1, 0.15) is 29.3 Å². The molecule has 0 spiro atoms. The van der Waals surface area contributed by atoms with E-state index in [4.69, 9.17) is 4.74 Å². The summed E-state index contributed by atoms with van der Waals surface area (Å²) in [5.41, 5.74) is 0.0984. The number of imidazole rings is 1. The van der Waals surface area contributed by atoms with Gasteiger partial charge < -0.3 is 39.8 Å². The smallest absolute Gasteiger partial charge is 0.408 e. The summed E-state index contributed by atoms with van der Waals surface area (Å²) in [5.74, 6) is -9.63. The highest BCUT2D eigenvalue weighted by molar-refractivity contribution is 5.92. The fourth-order valence-electron chi connectivity index (χ4n) is 7.89. The number of rotatable bonds is 11. The van der Waals surface area contributed by atoms with Crippen molar-refractivity contribution >= 4 is 45.9 Å². The molecule has 4 N–H and O–H groups in total. The molecule has 2 aromatic carbocycles. The summed E-state index contributed by atoms with van der Waals surface area (Å²) in [6.07, 6.45) is -4.21. The van der Waals surface area contributed by atoms with Crippen LogP contribution in [-0.2, 0) is 27.3 Å². The molecule has 0 radical (unpaired) electrons. The molecule has 6 rings (SSSR count). The summed E-state index contributed by atoms with van der Waals surface area (Å²) in [7, 11) is 0. The molecule has 13 nitrogen and oxygen atoms in total. The van der Waals surface area contributed by atoms with E-state index in [1.165, 1.54) is 23.6 Å². The highest BCUT2D eigenvalue weighted by Crippen LogP contribution is 2.40. The van der Waals surface area contributed by atoms with Gasteiger partial charge in [-0.3, -0.25) is 9.59 Å². The normalized spacial score (nSPS) is 20.1. The predicted molar refractivity (Wildman–Crippen MR) is 199 cm³/mol. The minimum absolute atomic E-state index is 0.0196. The van der Waals surface area contributed by atoms with Crippen molar-refractivity contribution < 1.29 is 55.4 Å². The Labute approximate surface area is 329 Å². The number of nitrogens with one attached hydrogen (secondary N) is 3. The van der Waals surface area contributed by atoms with Crippen LogP contribution in [0, 0.1) is 11.6 Å². The second-order valence-electron chi connectivity index (χ2n) is 15.9. The highest BCUT2D eigenvalue weighted by Gasteiger charge is 2.50. The van der Waals surface area contributed by atoms with E-state index in [2.05, 4.69) is 20.6 Å². The lowest BCUT2D eigenvalue weighted by Crippen LogP contribution is -2.51.